The Morgan fingerprint density at radius 2 is 1.88 bits per heavy atom. The first-order chi connectivity index (χ1) is 7.56. The average molecular weight is 297 g/mol. The van der Waals surface area contributed by atoms with Crippen molar-refractivity contribution in [2.75, 3.05) is 11.1 Å². The smallest absolute Gasteiger partial charge is 0.0938 e. The van der Waals surface area contributed by atoms with Gasteiger partial charge in [-0.2, -0.15) is 0 Å². The highest BCUT2D eigenvalue weighted by atomic mass is 79.9. The molecule has 84 valence electrons. The molecule has 4 heteroatoms. The van der Waals surface area contributed by atoms with Crippen molar-refractivity contribution in [3.63, 3.8) is 0 Å². The molecule has 1 heterocycles. The van der Waals surface area contributed by atoms with Crippen LogP contribution in [0, 0.1) is 13.8 Å². The minimum Gasteiger partial charge on any atom is -0.397 e. The minimum atomic E-state index is 0.785. The second-order valence-corrected chi connectivity index (χ2v) is 5.60. The summed E-state index contributed by atoms with van der Waals surface area (Å²) >= 11 is 5.08. The SMILES string of the molecule is Cc1cc(N)c(Nc2cc(Br)cs2)cc1C. The molecular weight excluding hydrogens is 284 g/mol. The zero-order valence-corrected chi connectivity index (χ0v) is 11.6. The van der Waals surface area contributed by atoms with Crippen LogP contribution >= 0.6 is 27.3 Å². The molecule has 0 amide bonds. The Bertz CT molecular complexity index is 520. The third-order valence-corrected chi connectivity index (χ3v) is 4.10. The van der Waals surface area contributed by atoms with E-state index in [0.717, 1.165) is 20.8 Å². The van der Waals surface area contributed by atoms with Gasteiger partial charge in [0.05, 0.1) is 16.4 Å². The van der Waals surface area contributed by atoms with Gasteiger partial charge in [-0.15, -0.1) is 11.3 Å². The topological polar surface area (TPSA) is 38.0 Å². The second-order valence-electron chi connectivity index (χ2n) is 3.78. The maximum atomic E-state index is 5.98. The molecule has 1 aromatic carbocycles. The van der Waals surface area contributed by atoms with Crippen LogP contribution in [0.5, 0.6) is 0 Å². The molecule has 0 bridgehead atoms. The minimum absolute atomic E-state index is 0.785. The Morgan fingerprint density at radius 3 is 2.50 bits per heavy atom. The molecule has 1 aromatic heterocycles. The molecule has 0 saturated heterocycles. The lowest BCUT2D eigenvalue weighted by molar-refractivity contribution is 1.34. The average Bonchev–Trinajstić information content (AvgIpc) is 2.60. The van der Waals surface area contributed by atoms with Crippen LogP contribution in [0.15, 0.2) is 28.1 Å². The quantitative estimate of drug-likeness (QED) is 0.803. The number of aryl methyl sites for hydroxylation is 2. The number of nitrogen functional groups attached to an aromatic ring is 1. The van der Waals surface area contributed by atoms with Gasteiger partial charge in [-0.25, -0.2) is 0 Å². The normalized spacial score (nSPS) is 10.4. The summed E-state index contributed by atoms with van der Waals surface area (Å²) in [7, 11) is 0. The maximum absolute atomic E-state index is 5.98. The molecule has 0 unspecified atom stereocenters. The van der Waals surface area contributed by atoms with Crippen LogP contribution < -0.4 is 11.1 Å². The third kappa shape index (κ3) is 2.39. The summed E-state index contributed by atoms with van der Waals surface area (Å²) in [6, 6.07) is 6.12. The van der Waals surface area contributed by atoms with Gasteiger partial charge in [0.15, 0.2) is 0 Å². The lowest BCUT2D eigenvalue weighted by Gasteiger charge is -2.10. The van der Waals surface area contributed by atoms with Crippen molar-refractivity contribution in [3.8, 4) is 0 Å². The van der Waals surface area contributed by atoms with Crippen LogP contribution in [-0.2, 0) is 0 Å². The van der Waals surface area contributed by atoms with Crippen molar-refractivity contribution in [2.24, 2.45) is 0 Å². The first-order valence-corrected chi connectivity index (χ1v) is 6.61. The molecule has 0 saturated carbocycles. The fraction of sp³-hybridized carbons (Fsp3) is 0.167. The number of hydrogen-bond acceptors (Lipinski definition) is 3. The first-order valence-electron chi connectivity index (χ1n) is 4.94. The number of hydrogen-bond donors (Lipinski definition) is 2. The van der Waals surface area contributed by atoms with E-state index in [1.165, 1.54) is 11.1 Å². The largest absolute Gasteiger partial charge is 0.397 e. The fourth-order valence-corrected chi connectivity index (χ4v) is 2.79. The molecular formula is C12H13BrN2S. The standard InChI is InChI=1S/C12H13BrN2S/c1-7-3-10(14)11(4-8(7)2)15-12-5-9(13)6-16-12/h3-6,15H,14H2,1-2H3. The van der Waals surface area contributed by atoms with Crippen LogP contribution in [0.25, 0.3) is 0 Å². The molecule has 16 heavy (non-hydrogen) atoms. The van der Waals surface area contributed by atoms with E-state index < -0.39 is 0 Å². The number of halogens is 1. The highest BCUT2D eigenvalue weighted by Gasteiger charge is 2.04. The van der Waals surface area contributed by atoms with Gasteiger partial charge in [-0.05, 0) is 59.1 Å². The summed E-state index contributed by atoms with van der Waals surface area (Å²) in [6.45, 7) is 4.15. The fourth-order valence-electron chi connectivity index (χ4n) is 1.46. The number of rotatable bonds is 2. The van der Waals surface area contributed by atoms with Gasteiger partial charge in [0.1, 0.15) is 0 Å². The lowest BCUT2D eigenvalue weighted by atomic mass is 10.1. The molecule has 0 fully saturated rings. The van der Waals surface area contributed by atoms with Crippen molar-refractivity contribution >= 4 is 43.6 Å². The van der Waals surface area contributed by atoms with E-state index in [2.05, 4.69) is 41.2 Å². The Labute approximate surface area is 108 Å². The second kappa shape index (κ2) is 4.47. The van der Waals surface area contributed by atoms with E-state index in [0.29, 0.717) is 0 Å². The van der Waals surface area contributed by atoms with Gasteiger partial charge in [0.25, 0.3) is 0 Å². The molecule has 2 nitrogen and oxygen atoms in total. The Kier molecular flexibility index (Phi) is 3.21. The number of nitrogens with one attached hydrogen (secondary N) is 1. The molecule has 0 spiro atoms. The first kappa shape index (κ1) is 11.5. The summed E-state index contributed by atoms with van der Waals surface area (Å²) < 4.78 is 1.09. The van der Waals surface area contributed by atoms with Gasteiger partial charge in [-0.3, -0.25) is 0 Å². The molecule has 0 atom stereocenters. The van der Waals surface area contributed by atoms with Gasteiger partial charge < -0.3 is 11.1 Å². The van der Waals surface area contributed by atoms with Crippen LogP contribution in [-0.4, -0.2) is 0 Å². The zero-order valence-electron chi connectivity index (χ0n) is 9.17. The zero-order chi connectivity index (χ0) is 11.7. The molecule has 2 aromatic rings. The summed E-state index contributed by atoms with van der Waals surface area (Å²) in [5.41, 5.74) is 10.2. The van der Waals surface area contributed by atoms with E-state index in [-0.39, 0.29) is 0 Å². The summed E-state index contributed by atoms with van der Waals surface area (Å²) in [5, 5.41) is 6.45. The summed E-state index contributed by atoms with van der Waals surface area (Å²) in [4.78, 5) is 0. The molecule has 3 N–H and O–H groups in total. The predicted octanol–water partition coefficient (Wildman–Crippen LogP) is 4.45. The van der Waals surface area contributed by atoms with E-state index in [1.54, 1.807) is 11.3 Å². The van der Waals surface area contributed by atoms with Gasteiger partial charge in [0, 0.05) is 9.85 Å². The van der Waals surface area contributed by atoms with Crippen LogP contribution in [0.3, 0.4) is 0 Å². The number of benzene rings is 1. The van der Waals surface area contributed by atoms with Crippen LogP contribution in [0.1, 0.15) is 11.1 Å². The molecule has 0 radical (unpaired) electrons. The lowest BCUT2D eigenvalue weighted by Crippen LogP contribution is -1.97. The maximum Gasteiger partial charge on any atom is 0.0938 e. The third-order valence-electron chi connectivity index (χ3n) is 2.49. The number of thiophene rings is 1. The van der Waals surface area contributed by atoms with Crippen molar-refractivity contribution in [2.45, 2.75) is 13.8 Å². The highest BCUT2D eigenvalue weighted by Crippen LogP contribution is 2.31. The van der Waals surface area contributed by atoms with Crippen LogP contribution in [0.4, 0.5) is 16.4 Å². The van der Waals surface area contributed by atoms with Crippen molar-refractivity contribution in [1.29, 1.82) is 0 Å². The molecule has 2 rings (SSSR count). The van der Waals surface area contributed by atoms with Gasteiger partial charge in [0.2, 0.25) is 0 Å². The van der Waals surface area contributed by atoms with Gasteiger partial charge >= 0.3 is 0 Å². The van der Waals surface area contributed by atoms with Crippen molar-refractivity contribution in [3.05, 3.63) is 39.2 Å². The highest BCUT2D eigenvalue weighted by molar-refractivity contribution is 9.10. The monoisotopic (exact) mass is 296 g/mol. The molecule has 0 aliphatic carbocycles. The summed E-state index contributed by atoms with van der Waals surface area (Å²) in [5.74, 6) is 0. The van der Waals surface area contributed by atoms with Gasteiger partial charge in [-0.1, -0.05) is 0 Å². The van der Waals surface area contributed by atoms with E-state index >= 15 is 0 Å². The Balaban J connectivity index is 2.31. The van der Waals surface area contributed by atoms with E-state index in [4.69, 9.17) is 5.73 Å². The van der Waals surface area contributed by atoms with E-state index in [9.17, 15) is 0 Å². The van der Waals surface area contributed by atoms with E-state index in [1.807, 2.05) is 17.5 Å². The Hall–Kier alpha value is -1.00. The predicted molar refractivity (Wildman–Crippen MR) is 75.6 cm³/mol. The summed E-state index contributed by atoms with van der Waals surface area (Å²) in [6.07, 6.45) is 0. The van der Waals surface area contributed by atoms with Crippen molar-refractivity contribution < 1.29 is 0 Å². The van der Waals surface area contributed by atoms with Crippen LogP contribution in [0.2, 0.25) is 0 Å². The molecule has 0 aliphatic heterocycles. The number of nitrogens with two attached hydrogens (primary N) is 1. The van der Waals surface area contributed by atoms with Crippen molar-refractivity contribution in [1.82, 2.24) is 0 Å². The Morgan fingerprint density at radius 1 is 1.19 bits per heavy atom. The molecule has 0 aliphatic rings. The number of anilines is 3.